The Bertz CT molecular complexity index is 842. The van der Waals surface area contributed by atoms with Crippen LogP contribution < -0.4 is 10.1 Å². The van der Waals surface area contributed by atoms with Gasteiger partial charge in [0.05, 0.1) is 12.7 Å². The average Bonchev–Trinajstić information content (AvgIpc) is 2.72. The van der Waals surface area contributed by atoms with Gasteiger partial charge in [-0.1, -0.05) is 36.2 Å². The van der Waals surface area contributed by atoms with Crippen LogP contribution in [0.15, 0.2) is 42.5 Å². The maximum absolute atomic E-state index is 11.6. The van der Waals surface area contributed by atoms with Crippen LogP contribution in [0, 0.1) is 0 Å². The number of aliphatic hydroxyl groups is 1. The number of benzene rings is 2. The summed E-state index contributed by atoms with van der Waals surface area (Å²) >= 11 is 6.04. The maximum Gasteiger partial charge on any atom is 0.344 e. The molecule has 0 amide bonds. The van der Waals surface area contributed by atoms with Crippen molar-refractivity contribution in [1.29, 1.82) is 0 Å². The first-order valence-electron chi connectivity index (χ1n) is 10.6. The zero-order chi connectivity index (χ0) is 21.3. The van der Waals surface area contributed by atoms with Gasteiger partial charge in [-0.3, -0.25) is 0 Å². The van der Waals surface area contributed by atoms with Gasteiger partial charge >= 0.3 is 5.97 Å². The lowest BCUT2D eigenvalue weighted by molar-refractivity contribution is -0.145. The van der Waals surface area contributed by atoms with Crippen LogP contribution in [0.4, 0.5) is 0 Å². The molecule has 0 heterocycles. The van der Waals surface area contributed by atoms with Gasteiger partial charge in [0.2, 0.25) is 0 Å². The molecule has 1 unspecified atom stereocenters. The summed E-state index contributed by atoms with van der Waals surface area (Å²) in [4.78, 5) is 11.6. The molecule has 1 aliphatic carbocycles. The number of aliphatic hydroxyl groups excluding tert-OH is 1. The molecule has 2 aromatic rings. The highest BCUT2D eigenvalue weighted by Gasteiger charge is 2.18. The minimum absolute atomic E-state index is 0.0832. The largest absolute Gasteiger partial charge is 0.482 e. The van der Waals surface area contributed by atoms with Gasteiger partial charge in [0.15, 0.2) is 6.61 Å². The van der Waals surface area contributed by atoms with E-state index in [-0.39, 0.29) is 18.6 Å². The Hall–Kier alpha value is -2.08. The van der Waals surface area contributed by atoms with Crippen LogP contribution >= 0.6 is 11.6 Å². The molecule has 0 spiro atoms. The minimum atomic E-state index is -0.604. The van der Waals surface area contributed by atoms with Crippen molar-refractivity contribution in [3.05, 3.63) is 64.2 Å². The van der Waals surface area contributed by atoms with E-state index in [2.05, 4.69) is 11.4 Å². The highest BCUT2D eigenvalue weighted by molar-refractivity contribution is 6.30. The second-order valence-electron chi connectivity index (χ2n) is 7.65. The van der Waals surface area contributed by atoms with Gasteiger partial charge in [0.25, 0.3) is 0 Å². The summed E-state index contributed by atoms with van der Waals surface area (Å²) in [5.41, 5.74) is 3.36. The van der Waals surface area contributed by atoms with Gasteiger partial charge in [0.1, 0.15) is 5.75 Å². The molecule has 1 aliphatic rings. The second-order valence-corrected chi connectivity index (χ2v) is 8.09. The summed E-state index contributed by atoms with van der Waals surface area (Å²) in [6.45, 7) is 2.51. The van der Waals surface area contributed by atoms with Gasteiger partial charge < -0.3 is 19.9 Å². The normalized spacial score (nSPS) is 17.4. The molecular weight excluding hydrogens is 402 g/mol. The van der Waals surface area contributed by atoms with Crippen molar-refractivity contribution in [3.63, 3.8) is 0 Å². The van der Waals surface area contributed by atoms with Crippen molar-refractivity contribution in [2.75, 3.05) is 19.8 Å². The molecule has 3 rings (SSSR count). The number of hydrogen-bond donors (Lipinski definition) is 2. The lowest BCUT2D eigenvalue weighted by atomic mass is 9.90. The number of ether oxygens (including phenoxy) is 2. The Morgan fingerprint density at radius 3 is 2.90 bits per heavy atom. The van der Waals surface area contributed by atoms with E-state index < -0.39 is 6.10 Å². The standard InChI is InChI=1S/C24H30ClNO4/c1-2-29-24(28)16-30-22-11-10-17-6-3-4-9-21(13-19(17)14-22)26-15-23(27)18-7-5-8-20(25)12-18/h5,7-8,10-12,14,21,23,26-27H,2-4,6,9,13,15-16H2,1H3/t21?,23-/m0/s1. The summed E-state index contributed by atoms with van der Waals surface area (Å²) in [6.07, 6.45) is 4.62. The lowest BCUT2D eigenvalue weighted by Crippen LogP contribution is -2.35. The molecule has 2 aromatic carbocycles. The van der Waals surface area contributed by atoms with Crippen molar-refractivity contribution < 1.29 is 19.4 Å². The Balaban J connectivity index is 1.62. The molecule has 162 valence electrons. The van der Waals surface area contributed by atoms with Crippen LogP contribution in [0.1, 0.15) is 49.0 Å². The van der Waals surface area contributed by atoms with Crippen molar-refractivity contribution in [2.45, 2.75) is 51.2 Å². The van der Waals surface area contributed by atoms with E-state index in [0.29, 0.717) is 23.9 Å². The zero-order valence-electron chi connectivity index (χ0n) is 17.4. The lowest BCUT2D eigenvalue weighted by Gasteiger charge is -2.25. The van der Waals surface area contributed by atoms with E-state index in [1.165, 1.54) is 11.1 Å². The molecule has 5 nitrogen and oxygen atoms in total. The molecule has 6 heteroatoms. The van der Waals surface area contributed by atoms with E-state index >= 15 is 0 Å². The number of esters is 1. The van der Waals surface area contributed by atoms with Crippen molar-refractivity contribution >= 4 is 17.6 Å². The Morgan fingerprint density at radius 2 is 2.10 bits per heavy atom. The fourth-order valence-electron chi connectivity index (χ4n) is 3.83. The number of carbonyl (C=O) groups is 1. The third-order valence-electron chi connectivity index (χ3n) is 5.39. The Labute approximate surface area is 183 Å². The predicted molar refractivity (Wildman–Crippen MR) is 118 cm³/mol. The van der Waals surface area contributed by atoms with E-state index in [0.717, 1.165) is 37.7 Å². The van der Waals surface area contributed by atoms with E-state index in [4.69, 9.17) is 21.1 Å². The molecule has 0 aliphatic heterocycles. The Morgan fingerprint density at radius 1 is 1.23 bits per heavy atom. The molecule has 0 saturated carbocycles. The monoisotopic (exact) mass is 431 g/mol. The van der Waals surface area contributed by atoms with Crippen molar-refractivity contribution in [1.82, 2.24) is 5.32 Å². The Kier molecular flexibility index (Phi) is 8.55. The zero-order valence-corrected chi connectivity index (χ0v) is 18.2. The van der Waals surface area contributed by atoms with E-state index in [1.54, 1.807) is 19.1 Å². The first-order valence-corrected chi connectivity index (χ1v) is 11.0. The van der Waals surface area contributed by atoms with Crippen LogP contribution in [0.5, 0.6) is 5.75 Å². The van der Waals surface area contributed by atoms with Crippen LogP contribution in [-0.2, 0) is 22.4 Å². The topological polar surface area (TPSA) is 67.8 Å². The van der Waals surface area contributed by atoms with E-state index in [1.807, 2.05) is 24.3 Å². The highest BCUT2D eigenvalue weighted by atomic mass is 35.5. The SMILES string of the molecule is CCOC(=O)COc1ccc2c(c1)CC(NC[C@H](O)c1cccc(Cl)c1)CCCC2. The molecule has 30 heavy (non-hydrogen) atoms. The molecule has 0 fully saturated rings. The maximum atomic E-state index is 11.6. The molecule has 2 atom stereocenters. The van der Waals surface area contributed by atoms with Crippen LogP contribution in [-0.4, -0.2) is 36.9 Å². The number of rotatable bonds is 8. The third-order valence-corrected chi connectivity index (χ3v) is 5.62. The predicted octanol–water partition coefficient (Wildman–Crippen LogP) is 4.24. The van der Waals surface area contributed by atoms with Crippen LogP contribution in [0.25, 0.3) is 0 Å². The molecule has 0 bridgehead atoms. The summed E-state index contributed by atoms with van der Waals surface area (Å²) < 4.78 is 10.5. The fourth-order valence-corrected chi connectivity index (χ4v) is 4.03. The summed E-state index contributed by atoms with van der Waals surface area (Å²) in [5, 5.41) is 14.7. The van der Waals surface area contributed by atoms with Gasteiger partial charge in [-0.15, -0.1) is 0 Å². The number of halogens is 1. The molecule has 0 aromatic heterocycles. The quantitative estimate of drug-likeness (QED) is 0.612. The van der Waals surface area contributed by atoms with Crippen LogP contribution in [0.2, 0.25) is 5.02 Å². The van der Waals surface area contributed by atoms with E-state index in [9.17, 15) is 9.90 Å². The first-order chi connectivity index (χ1) is 14.5. The number of nitrogens with one attached hydrogen (secondary N) is 1. The number of aryl methyl sites for hydroxylation is 1. The van der Waals surface area contributed by atoms with Crippen molar-refractivity contribution in [2.24, 2.45) is 0 Å². The second kappa shape index (κ2) is 11.3. The number of fused-ring (bicyclic) bond motifs is 1. The smallest absolute Gasteiger partial charge is 0.344 e. The fraction of sp³-hybridized carbons (Fsp3) is 0.458. The number of hydrogen-bond acceptors (Lipinski definition) is 5. The van der Waals surface area contributed by atoms with Gasteiger partial charge in [-0.2, -0.15) is 0 Å². The molecule has 0 radical (unpaired) electrons. The molecule has 0 saturated heterocycles. The average molecular weight is 432 g/mol. The van der Waals surface area contributed by atoms with Crippen molar-refractivity contribution in [3.8, 4) is 5.75 Å². The van der Waals surface area contributed by atoms with Gasteiger partial charge in [-0.25, -0.2) is 4.79 Å². The molecule has 2 N–H and O–H groups in total. The van der Waals surface area contributed by atoms with Gasteiger partial charge in [-0.05, 0) is 73.6 Å². The summed E-state index contributed by atoms with van der Waals surface area (Å²) in [6, 6.07) is 13.7. The van der Waals surface area contributed by atoms with Gasteiger partial charge in [0, 0.05) is 17.6 Å². The molecular formula is C24H30ClNO4. The third kappa shape index (κ3) is 6.73. The highest BCUT2D eigenvalue weighted by Crippen LogP contribution is 2.25. The number of carbonyl (C=O) groups excluding carboxylic acids is 1. The van der Waals surface area contributed by atoms with Crippen LogP contribution in [0.3, 0.4) is 0 Å². The summed E-state index contributed by atoms with van der Waals surface area (Å²) in [7, 11) is 0. The first kappa shape index (κ1) is 22.6. The summed E-state index contributed by atoms with van der Waals surface area (Å²) in [5.74, 6) is 0.318. The minimum Gasteiger partial charge on any atom is -0.482 e.